The Morgan fingerprint density at radius 1 is 1.13 bits per heavy atom. The number of benzene rings is 1. The standard InChI is InChI=1S/C18H20N4O/c19-10-16-11-21-17(12-20-16)22(13-15-6-2-1-3-7-15)14-18(23)8-4-5-9-18/h1-3,6-7,11-12,23H,4-5,8-9,13-14H2. The zero-order valence-electron chi connectivity index (χ0n) is 13.0. The fourth-order valence-corrected chi connectivity index (χ4v) is 3.11. The molecule has 0 saturated heterocycles. The summed E-state index contributed by atoms with van der Waals surface area (Å²) < 4.78 is 0. The van der Waals surface area contributed by atoms with Crippen molar-refractivity contribution < 1.29 is 5.11 Å². The Bertz CT molecular complexity index is 672. The first-order chi connectivity index (χ1) is 11.2. The highest BCUT2D eigenvalue weighted by Crippen LogP contribution is 2.31. The lowest BCUT2D eigenvalue weighted by atomic mass is 10.0. The molecular formula is C18H20N4O. The van der Waals surface area contributed by atoms with E-state index in [9.17, 15) is 5.11 Å². The first-order valence-electron chi connectivity index (χ1n) is 7.92. The maximum atomic E-state index is 10.8. The third-order valence-electron chi connectivity index (χ3n) is 4.31. The van der Waals surface area contributed by atoms with Crippen molar-refractivity contribution in [2.45, 2.75) is 37.8 Å². The molecule has 23 heavy (non-hydrogen) atoms. The molecule has 0 unspecified atom stereocenters. The molecule has 0 bridgehead atoms. The van der Waals surface area contributed by atoms with Gasteiger partial charge in [0.25, 0.3) is 0 Å². The fraction of sp³-hybridized carbons (Fsp3) is 0.389. The van der Waals surface area contributed by atoms with E-state index in [1.54, 1.807) is 6.20 Å². The van der Waals surface area contributed by atoms with Gasteiger partial charge in [-0.1, -0.05) is 43.2 Å². The van der Waals surface area contributed by atoms with E-state index in [0.29, 0.717) is 24.6 Å². The van der Waals surface area contributed by atoms with Crippen molar-refractivity contribution in [3.63, 3.8) is 0 Å². The maximum absolute atomic E-state index is 10.8. The minimum atomic E-state index is -0.662. The Balaban J connectivity index is 1.84. The van der Waals surface area contributed by atoms with E-state index < -0.39 is 5.60 Å². The second-order valence-electron chi connectivity index (χ2n) is 6.14. The molecule has 1 saturated carbocycles. The van der Waals surface area contributed by atoms with Crippen LogP contribution in [0, 0.1) is 11.3 Å². The molecule has 0 radical (unpaired) electrons. The summed E-state index contributed by atoms with van der Waals surface area (Å²) in [6.45, 7) is 1.19. The predicted molar refractivity (Wildman–Crippen MR) is 87.7 cm³/mol. The Labute approximate surface area is 136 Å². The molecule has 2 aromatic rings. The van der Waals surface area contributed by atoms with E-state index in [2.05, 4.69) is 27.0 Å². The van der Waals surface area contributed by atoms with Gasteiger partial charge in [0.15, 0.2) is 5.69 Å². The molecule has 5 heteroatoms. The first kappa shape index (κ1) is 15.4. The largest absolute Gasteiger partial charge is 0.388 e. The topological polar surface area (TPSA) is 73.0 Å². The lowest BCUT2D eigenvalue weighted by Crippen LogP contribution is -2.41. The molecule has 0 spiro atoms. The lowest BCUT2D eigenvalue weighted by molar-refractivity contribution is 0.0543. The Kier molecular flexibility index (Phi) is 4.54. The summed E-state index contributed by atoms with van der Waals surface area (Å²) in [6, 6.07) is 12.1. The van der Waals surface area contributed by atoms with Gasteiger partial charge in [0.05, 0.1) is 18.0 Å². The van der Waals surface area contributed by atoms with Gasteiger partial charge in [-0.25, -0.2) is 9.97 Å². The normalized spacial score (nSPS) is 16.0. The minimum Gasteiger partial charge on any atom is -0.388 e. The minimum absolute atomic E-state index is 0.299. The van der Waals surface area contributed by atoms with Crippen molar-refractivity contribution in [3.05, 3.63) is 54.0 Å². The highest BCUT2D eigenvalue weighted by atomic mass is 16.3. The number of hydrogen-bond donors (Lipinski definition) is 1. The molecule has 1 N–H and O–H groups in total. The van der Waals surface area contributed by atoms with Gasteiger partial charge >= 0.3 is 0 Å². The van der Waals surface area contributed by atoms with Gasteiger partial charge in [0.1, 0.15) is 11.9 Å². The molecule has 1 aromatic carbocycles. The van der Waals surface area contributed by atoms with E-state index in [4.69, 9.17) is 5.26 Å². The van der Waals surface area contributed by atoms with Crippen LogP contribution in [-0.4, -0.2) is 27.2 Å². The van der Waals surface area contributed by atoms with Crippen LogP contribution in [0.2, 0.25) is 0 Å². The quantitative estimate of drug-likeness (QED) is 0.919. The highest BCUT2D eigenvalue weighted by molar-refractivity contribution is 5.39. The monoisotopic (exact) mass is 308 g/mol. The van der Waals surface area contributed by atoms with Crippen LogP contribution in [0.5, 0.6) is 0 Å². The highest BCUT2D eigenvalue weighted by Gasteiger charge is 2.33. The van der Waals surface area contributed by atoms with Gasteiger partial charge in [0.2, 0.25) is 0 Å². The number of hydrogen-bond acceptors (Lipinski definition) is 5. The lowest BCUT2D eigenvalue weighted by Gasteiger charge is -2.32. The van der Waals surface area contributed by atoms with Crippen molar-refractivity contribution in [2.24, 2.45) is 0 Å². The molecular weight excluding hydrogens is 288 g/mol. The first-order valence-corrected chi connectivity index (χ1v) is 7.92. The molecule has 0 aliphatic heterocycles. The molecule has 1 fully saturated rings. The summed E-state index contributed by atoms with van der Waals surface area (Å²) in [5.41, 5.74) is 0.790. The number of aromatic nitrogens is 2. The molecule has 0 atom stereocenters. The van der Waals surface area contributed by atoms with Crippen molar-refractivity contribution in [1.29, 1.82) is 5.26 Å². The van der Waals surface area contributed by atoms with Crippen molar-refractivity contribution in [3.8, 4) is 6.07 Å². The van der Waals surface area contributed by atoms with Crippen molar-refractivity contribution >= 4 is 5.82 Å². The third kappa shape index (κ3) is 3.85. The summed E-state index contributed by atoms with van der Waals surface area (Å²) in [7, 11) is 0. The summed E-state index contributed by atoms with van der Waals surface area (Å²) in [5, 5.41) is 19.6. The van der Waals surface area contributed by atoms with E-state index in [-0.39, 0.29) is 0 Å². The number of nitrogens with zero attached hydrogens (tertiary/aromatic N) is 4. The van der Waals surface area contributed by atoms with Crippen molar-refractivity contribution in [1.82, 2.24) is 9.97 Å². The maximum Gasteiger partial charge on any atom is 0.158 e. The average Bonchev–Trinajstić information content (AvgIpc) is 3.02. The van der Waals surface area contributed by atoms with Crippen LogP contribution in [0.15, 0.2) is 42.7 Å². The Morgan fingerprint density at radius 2 is 1.87 bits per heavy atom. The van der Waals surface area contributed by atoms with Gasteiger partial charge in [-0.3, -0.25) is 0 Å². The van der Waals surface area contributed by atoms with Gasteiger partial charge in [-0.15, -0.1) is 0 Å². The molecule has 5 nitrogen and oxygen atoms in total. The van der Waals surface area contributed by atoms with Gasteiger partial charge < -0.3 is 10.0 Å². The SMILES string of the molecule is N#Cc1cnc(N(Cc2ccccc2)CC2(O)CCCC2)cn1. The smallest absolute Gasteiger partial charge is 0.158 e. The molecule has 0 amide bonds. The molecule has 1 aliphatic rings. The predicted octanol–water partition coefficient (Wildman–Crippen LogP) is 2.66. The van der Waals surface area contributed by atoms with Crippen LogP contribution in [0.1, 0.15) is 36.9 Å². The summed E-state index contributed by atoms with van der Waals surface area (Å²) >= 11 is 0. The number of aliphatic hydroxyl groups is 1. The van der Waals surface area contributed by atoms with Crippen LogP contribution in [0.25, 0.3) is 0 Å². The molecule has 1 aromatic heterocycles. The number of nitriles is 1. The number of rotatable bonds is 5. The molecule has 1 heterocycles. The summed E-state index contributed by atoms with van der Waals surface area (Å²) in [6.07, 6.45) is 6.86. The van der Waals surface area contributed by atoms with E-state index >= 15 is 0 Å². The van der Waals surface area contributed by atoms with Crippen LogP contribution in [-0.2, 0) is 6.54 Å². The van der Waals surface area contributed by atoms with Gasteiger partial charge in [0, 0.05) is 13.1 Å². The zero-order chi connectivity index (χ0) is 16.1. The van der Waals surface area contributed by atoms with Gasteiger partial charge in [-0.05, 0) is 18.4 Å². The van der Waals surface area contributed by atoms with E-state index in [1.165, 1.54) is 6.20 Å². The Morgan fingerprint density at radius 3 is 2.48 bits per heavy atom. The second kappa shape index (κ2) is 6.76. The van der Waals surface area contributed by atoms with Crippen LogP contribution in [0.4, 0.5) is 5.82 Å². The average molecular weight is 308 g/mol. The molecule has 3 rings (SSSR count). The van der Waals surface area contributed by atoms with Crippen LogP contribution < -0.4 is 4.90 Å². The Hall–Kier alpha value is -2.45. The van der Waals surface area contributed by atoms with Gasteiger partial charge in [-0.2, -0.15) is 5.26 Å². The van der Waals surface area contributed by atoms with Crippen LogP contribution in [0.3, 0.4) is 0 Å². The van der Waals surface area contributed by atoms with E-state index in [0.717, 1.165) is 31.2 Å². The molecule has 1 aliphatic carbocycles. The summed E-state index contributed by atoms with van der Waals surface area (Å²) in [4.78, 5) is 10.5. The number of anilines is 1. The van der Waals surface area contributed by atoms with Crippen LogP contribution >= 0.6 is 0 Å². The van der Waals surface area contributed by atoms with Crippen molar-refractivity contribution in [2.75, 3.05) is 11.4 Å². The third-order valence-corrected chi connectivity index (χ3v) is 4.31. The fourth-order valence-electron chi connectivity index (χ4n) is 3.11. The summed E-state index contributed by atoms with van der Waals surface area (Å²) in [5.74, 6) is 0.688. The zero-order valence-corrected chi connectivity index (χ0v) is 13.0. The van der Waals surface area contributed by atoms with E-state index in [1.807, 2.05) is 24.3 Å². The molecule has 118 valence electrons. The second-order valence-corrected chi connectivity index (χ2v) is 6.14.